The summed E-state index contributed by atoms with van der Waals surface area (Å²) in [6.45, 7) is 4.29. The Morgan fingerprint density at radius 2 is 2.15 bits per heavy atom. The van der Waals surface area contributed by atoms with Crippen LogP contribution in [0.4, 0.5) is 0 Å². The molecule has 180 valence electrons. The standard InChI is InChI=1S/C25H30N4O4S/c1-32-17-2-3-18-19(10-17)27-23-20(12-30)29(24(31)16-4-7-33-8-5-16)15-25(22(18)23)13-28(14-25)11-21-26-6-9-34-21/h2-3,6,9-10,16,20,27,30H,4-5,7-8,11-15H2,1H3/t20-/m1/s1. The van der Waals surface area contributed by atoms with E-state index in [-0.39, 0.29) is 29.9 Å². The van der Waals surface area contributed by atoms with Crippen molar-refractivity contribution in [3.63, 3.8) is 0 Å². The zero-order valence-electron chi connectivity index (χ0n) is 19.3. The number of carbonyl (C=O) groups is 1. The van der Waals surface area contributed by atoms with Crippen molar-refractivity contribution >= 4 is 28.1 Å². The highest BCUT2D eigenvalue weighted by atomic mass is 32.1. The Kier molecular flexibility index (Phi) is 5.60. The summed E-state index contributed by atoms with van der Waals surface area (Å²) in [6.07, 6.45) is 3.34. The number of rotatable bonds is 5. The summed E-state index contributed by atoms with van der Waals surface area (Å²) in [7, 11) is 1.67. The molecular formula is C25H30N4O4S. The van der Waals surface area contributed by atoms with Gasteiger partial charge in [0.05, 0.1) is 26.3 Å². The van der Waals surface area contributed by atoms with Gasteiger partial charge in [-0.3, -0.25) is 9.69 Å². The third-order valence-corrected chi connectivity index (χ3v) is 8.43. The topological polar surface area (TPSA) is 90.9 Å². The maximum Gasteiger partial charge on any atom is 0.226 e. The predicted molar refractivity (Wildman–Crippen MR) is 129 cm³/mol. The fourth-order valence-electron chi connectivity index (χ4n) is 6.12. The highest BCUT2D eigenvalue weighted by Gasteiger charge is 2.54. The van der Waals surface area contributed by atoms with Crippen LogP contribution < -0.4 is 4.74 Å². The van der Waals surface area contributed by atoms with Crippen LogP contribution in [0, 0.1) is 5.92 Å². The maximum atomic E-state index is 13.7. The zero-order chi connectivity index (χ0) is 23.3. The first kappa shape index (κ1) is 22.0. The van der Waals surface area contributed by atoms with E-state index in [0.717, 1.165) is 59.8 Å². The number of H-pyrrole nitrogens is 1. The molecule has 0 saturated carbocycles. The van der Waals surface area contributed by atoms with Crippen molar-refractivity contribution in [2.45, 2.75) is 30.8 Å². The quantitative estimate of drug-likeness (QED) is 0.581. The summed E-state index contributed by atoms with van der Waals surface area (Å²) < 4.78 is 11.0. The Bertz CT molecular complexity index is 1180. The predicted octanol–water partition coefficient (Wildman–Crippen LogP) is 2.69. The summed E-state index contributed by atoms with van der Waals surface area (Å²) in [5, 5.41) is 14.8. The van der Waals surface area contributed by atoms with Gasteiger partial charge in [-0.25, -0.2) is 4.98 Å². The molecule has 1 amide bonds. The van der Waals surface area contributed by atoms with Crippen LogP contribution in [0.3, 0.4) is 0 Å². The van der Waals surface area contributed by atoms with Crippen LogP contribution in [-0.2, 0) is 21.5 Å². The van der Waals surface area contributed by atoms with E-state index in [1.165, 1.54) is 5.56 Å². The number of hydrogen-bond donors (Lipinski definition) is 2. The summed E-state index contributed by atoms with van der Waals surface area (Å²) >= 11 is 1.68. The fourth-order valence-corrected chi connectivity index (χ4v) is 6.78. The van der Waals surface area contributed by atoms with Crippen LogP contribution in [0.5, 0.6) is 5.75 Å². The van der Waals surface area contributed by atoms with Gasteiger partial charge in [-0.05, 0) is 30.5 Å². The Labute approximate surface area is 202 Å². The number of hydrogen-bond acceptors (Lipinski definition) is 7. The number of nitrogens with zero attached hydrogens (tertiary/aromatic N) is 3. The first-order valence-electron chi connectivity index (χ1n) is 11.9. The van der Waals surface area contributed by atoms with Crippen LogP contribution in [0.2, 0.25) is 0 Å². The molecule has 6 rings (SSSR count). The Hall–Kier alpha value is -2.46. The van der Waals surface area contributed by atoms with Gasteiger partial charge in [0, 0.05) is 78.4 Å². The lowest BCUT2D eigenvalue weighted by molar-refractivity contribution is -0.146. The maximum absolute atomic E-state index is 13.7. The van der Waals surface area contributed by atoms with Gasteiger partial charge in [0.1, 0.15) is 10.8 Å². The number of ether oxygens (including phenoxy) is 2. The van der Waals surface area contributed by atoms with E-state index in [1.54, 1.807) is 18.4 Å². The molecule has 1 aromatic carbocycles. The molecule has 2 aromatic heterocycles. The smallest absolute Gasteiger partial charge is 0.226 e. The van der Waals surface area contributed by atoms with E-state index in [1.807, 2.05) is 28.6 Å². The number of benzene rings is 1. The second-order valence-corrected chi connectivity index (χ2v) is 10.7. The van der Waals surface area contributed by atoms with Gasteiger partial charge in [-0.1, -0.05) is 0 Å². The molecule has 1 atom stereocenters. The zero-order valence-corrected chi connectivity index (χ0v) is 20.1. The Morgan fingerprint density at radius 3 is 2.85 bits per heavy atom. The SMILES string of the molecule is COc1ccc2c3c([nH]c2c1)[C@@H](CO)N(C(=O)C1CCOCC1)CC31CN(Cc2nccs2)C1. The molecule has 0 radical (unpaired) electrons. The van der Waals surface area contributed by atoms with Gasteiger partial charge in [0.2, 0.25) is 5.91 Å². The molecule has 8 nitrogen and oxygen atoms in total. The van der Waals surface area contributed by atoms with E-state index in [4.69, 9.17) is 9.47 Å². The first-order valence-corrected chi connectivity index (χ1v) is 12.8. The second-order valence-electron chi connectivity index (χ2n) is 9.73. The molecule has 34 heavy (non-hydrogen) atoms. The molecule has 1 spiro atoms. The van der Waals surface area contributed by atoms with Crippen molar-refractivity contribution in [3.8, 4) is 5.75 Å². The van der Waals surface area contributed by atoms with Gasteiger partial charge >= 0.3 is 0 Å². The molecule has 3 aromatic rings. The third-order valence-electron chi connectivity index (χ3n) is 7.67. The van der Waals surface area contributed by atoms with Gasteiger partial charge in [-0.15, -0.1) is 11.3 Å². The van der Waals surface area contributed by atoms with Crippen LogP contribution in [0.15, 0.2) is 29.8 Å². The number of aromatic amines is 1. The number of carbonyl (C=O) groups excluding carboxylic acids is 1. The second kappa shape index (κ2) is 8.64. The number of methoxy groups -OCH3 is 1. The molecule has 0 aliphatic carbocycles. The van der Waals surface area contributed by atoms with Crippen molar-refractivity contribution in [2.75, 3.05) is 46.6 Å². The minimum Gasteiger partial charge on any atom is -0.497 e. The lowest BCUT2D eigenvalue weighted by Gasteiger charge is -2.56. The highest BCUT2D eigenvalue weighted by molar-refractivity contribution is 7.09. The number of amides is 1. The van der Waals surface area contributed by atoms with E-state index in [0.29, 0.717) is 19.8 Å². The number of thiazole rings is 1. The van der Waals surface area contributed by atoms with Gasteiger partial charge in [-0.2, -0.15) is 0 Å². The van der Waals surface area contributed by atoms with Gasteiger partial charge in [0.25, 0.3) is 0 Å². The van der Waals surface area contributed by atoms with E-state index in [2.05, 4.69) is 20.9 Å². The average molecular weight is 483 g/mol. The minimum atomic E-state index is -0.373. The van der Waals surface area contributed by atoms with Crippen molar-refractivity contribution in [3.05, 3.63) is 46.0 Å². The monoisotopic (exact) mass is 482 g/mol. The highest BCUT2D eigenvalue weighted by Crippen LogP contribution is 2.49. The van der Waals surface area contributed by atoms with Crippen molar-refractivity contribution in [1.29, 1.82) is 0 Å². The number of nitrogens with one attached hydrogen (secondary N) is 1. The average Bonchev–Trinajstić information content (AvgIpc) is 3.50. The number of likely N-dealkylation sites (tertiary alicyclic amines) is 1. The number of aromatic nitrogens is 2. The summed E-state index contributed by atoms with van der Waals surface area (Å²) in [5.41, 5.74) is 3.02. The van der Waals surface area contributed by atoms with Crippen LogP contribution in [0.1, 0.15) is 35.1 Å². The van der Waals surface area contributed by atoms with Crippen LogP contribution in [-0.4, -0.2) is 77.3 Å². The number of aliphatic hydroxyl groups excluding tert-OH is 1. The minimum absolute atomic E-state index is 0.0441. The molecule has 2 fully saturated rings. The van der Waals surface area contributed by atoms with E-state index >= 15 is 0 Å². The number of aliphatic hydroxyl groups is 1. The first-order chi connectivity index (χ1) is 16.6. The summed E-state index contributed by atoms with van der Waals surface area (Å²) in [6, 6.07) is 5.73. The third kappa shape index (κ3) is 3.53. The molecule has 3 aliphatic heterocycles. The summed E-state index contributed by atoms with van der Waals surface area (Å²) in [5.74, 6) is 0.884. The normalized spacial score (nSPS) is 22.6. The molecule has 0 unspecified atom stereocenters. The van der Waals surface area contributed by atoms with Crippen molar-refractivity contribution in [1.82, 2.24) is 19.8 Å². The van der Waals surface area contributed by atoms with E-state index in [9.17, 15) is 9.90 Å². The van der Waals surface area contributed by atoms with Crippen molar-refractivity contribution in [2.24, 2.45) is 5.92 Å². The van der Waals surface area contributed by atoms with Gasteiger partial charge in [0.15, 0.2) is 0 Å². The molecule has 2 N–H and O–H groups in total. The molecule has 5 heterocycles. The van der Waals surface area contributed by atoms with Gasteiger partial charge < -0.3 is 24.5 Å². The van der Waals surface area contributed by atoms with Crippen LogP contribution in [0.25, 0.3) is 10.9 Å². The molecule has 3 aliphatic rings. The largest absolute Gasteiger partial charge is 0.497 e. The lowest BCUT2D eigenvalue weighted by Crippen LogP contribution is -2.67. The molecule has 2 saturated heterocycles. The molecular weight excluding hydrogens is 452 g/mol. The summed E-state index contributed by atoms with van der Waals surface area (Å²) in [4.78, 5) is 26.1. The van der Waals surface area contributed by atoms with E-state index < -0.39 is 0 Å². The van der Waals surface area contributed by atoms with Crippen molar-refractivity contribution < 1.29 is 19.4 Å². The number of fused-ring (bicyclic) bond motifs is 4. The Balaban J connectivity index is 1.40. The lowest BCUT2D eigenvalue weighted by atomic mass is 9.68. The fraction of sp³-hybridized carbons (Fsp3) is 0.520. The molecule has 0 bridgehead atoms. The molecule has 9 heteroatoms. The van der Waals surface area contributed by atoms with Crippen LogP contribution >= 0.6 is 11.3 Å². The Morgan fingerprint density at radius 1 is 1.32 bits per heavy atom.